The van der Waals surface area contributed by atoms with Crippen molar-refractivity contribution in [1.82, 2.24) is 0 Å². The van der Waals surface area contributed by atoms with Gasteiger partial charge in [-0.3, -0.25) is 4.74 Å². The highest BCUT2D eigenvalue weighted by molar-refractivity contribution is 7.87. The Bertz CT molecular complexity index is 879. The van der Waals surface area contributed by atoms with Gasteiger partial charge in [-0.05, 0) is 27.2 Å². The molecule has 0 aromatic rings. The van der Waals surface area contributed by atoms with Crippen molar-refractivity contribution in [2.45, 2.75) is 94.7 Å². The van der Waals surface area contributed by atoms with Crippen LogP contribution in [0.3, 0.4) is 0 Å². The van der Waals surface area contributed by atoms with Crippen molar-refractivity contribution in [3.63, 3.8) is 0 Å². The van der Waals surface area contributed by atoms with E-state index in [1.807, 2.05) is 0 Å². The molecule has 0 aliphatic rings. The average Bonchev–Trinajstić information content (AvgIpc) is 2.57. The molecule has 0 rings (SSSR count). The lowest BCUT2D eigenvalue weighted by atomic mass is 9.88. The molecule has 0 N–H and O–H groups in total. The minimum Gasteiger partial charge on any atom is -0.328 e. The Morgan fingerprint density at radius 3 is 1.26 bits per heavy atom. The second-order valence-electron chi connectivity index (χ2n) is 8.86. The van der Waals surface area contributed by atoms with Crippen molar-refractivity contribution >= 4 is 10.2 Å². The van der Waals surface area contributed by atoms with Crippen LogP contribution in [0.15, 0.2) is 0 Å². The van der Waals surface area contributed by atoms with Gasteiger partial charge in [0.2, 0.25) is 0 Å². The van der Waals surface area contributed by atoms with Gasteiger partial charge >= 0.3 is 51.3 Å². The molecule has 212 valence electrons. The number of alkyl halides is 13. The van der Waals surface area contributed by atoms with Gasteiger partial charge in [0.25, 0.3) is 0 Å². The highest BCUT2D eigenvalue weighted by Crippen LogP contribution is 2.62. The van der Waals surface area contributed by atoms with Crippen LogP contribution in [0, 0.1) is 5.41 Å². The second-order valence-corrected chi connectivity index (χ2v) is 10.2. The van der Waals surface area contributed by atoms with Gasteiger partial charge in [0.15, 0.2) is 0 Å². The highest BCUT2D eigenvalue weighted by atomic mass is 32.3. The van der Waals surface area contributed by atoms with Crippen LogP contribution in [0.5, 0.6) is 0 Å². The van der Waals surface area contributed by atoms with Crippen LogP contribution >= 0.6 is 0 Å². The minimum absolute atomic E-state index is 0.346. The van der Waals surface area contributed by atoms with E-state index in [-0.39, 0.29) is 0 Å². The van der Waals surface area contributed by atoms with Crippen LogP contribution in [0.2, 0.25) is 0 Å². The van der Waals surface area contributed by atoms with Gasteiger partial charge in [-0.25, -0.2) is 0 Å². The number of halogens is 14. The summed E-state index contributed by atoms with van der Waals surface area (Å²) in [6, 6.07) is 0. The molecule has 0 bridgehead atoms. The van der Waals surface area contributed by atoms with Crippen molar-refractivity contribution in [2.24, 2.45) is 5.41 Å². The first-order valence-electron chi connectivity index (χ1n) is 9.03. The van der Waals surface area contributed by atoms with Crippen LogP contribution < -0.4 is 0 Å². The second kappa shape index (κ2) is 8.73. The zero-order valence-corrected chi connectivity index (χ0v) is 19.4. The van der Waals surface area contributed by atoms with Crippen LogP contribution in [0.4, 0.5) is 61.0 Å². The standard InChI is InChI=1S/C16H20F14O4S/c1-7-9(5,6)14(24,25)34-15(26,27)13(23,33-8(2,3)4)11(19,20)10(17,18)12(21,22)16(28,29)35(30,31)32/h7H2,1-6H3. The zero-order chi connectivity index (χ0) is 29.1. The molecule has 35 heavy (non-hydrogen) atoms. The molecule has 0 radical (unpaired) electrons. The van der Waals surface area contributed by atoms with Crippen molar-refractivity contribution in [1.29, 1.82) is 0 Å². The van der Waals surface area contributed by atoms with Gasteiger partial charge in [0, 0.05) is 0 Å². The lowest BCUT2D eigenvalue weighted by Gasteiger charge is -2.46. The molecule has 0 aliphatic heterocycles. The van der Waals surface area contributed by atoms with Crippen LogP contribution in [0.1, 0.15) is 48.0 Å². The summed E-state index contributed by atoms with van der Waals surface area (Å²) in [5.74, 6) is -31.5. The number of rotatable bonds is 11. The van der Waals surface area contributed by atoms with E-state index in [1.165, 1.54) is 0 Å². The lowest BCUT2D eigenvalue weighted by Crippen LogP contribution is -2.75. The first-order chi connectivity index (χ1) is 14.7. The van der Waals surface area contributed by atoms with E-state index in [9.17, 15) is 65.0 Å². The Hall–Kier alpha value is -1.11. The lowest BCUT2D eigenvalue weighted by molar-refractivity contribution is -0.524. The summed E-state index contributed by atoms with van der Waals surface area (Å²) in [6.07, 6.45) is -13.2. The maximum atomic E-state index is 15.1. The predicted molar refractivity (Wildman–Crippen MR) is 89.5 cm³/mol. The van der Waals surface area contributed by atoms with E-state index in [0.29, 0.717) is 34.6 Å². The van der Waals surface area contributed by atoms with Crippen LogP contribution in [-0.2, 0) is 19.7 Å². The minimum atomic E-state index is -8.25. The van der Waals surface area contributed by atoms with Gasteiger partial charge in [-0.15, -0.1) is 0 Å². The molecule has 19 heteroatoms. The van der Waals surface area contributed by atoms with E-state index >= 15 is 4.39 Å². The number of ether oxygens (including phenoxy) is 2. The van der Waals surface area contributed by atoms with Gasteiger partial charge in [0.1, 0.15) is 0 Å². The maximum Gasteiger partial charge on any atom is 0.442 e. The van der Waals surface area contributed by atoms with Crippen molar-refractivity contribution < 1.29 is 78.9 Å². The fraction of sp³-hybridized carbons (Fsp3) is 1.00. The molecule has 0 fully saturated rings. The third-order valence-corrected chi connectivity index (χ3v) is 5.48. The third-order valence-electron chi connectivity index (χ3n) is 4.61. The Balaban J connectivity index is 7.27. The normalized spacial score (nSPS) is 17.9. The smallest absolute Gasteiger partial charge is 0.328 e. The summed E-state index contributed by atoms with van der Waals surface area (Å²) in [5.41, 5.74) is -5.64. The predicted octanol–water partition coefficient (Wildman–Crippen LogP) is 6.90. The Labute approximate surface area is 190 Å². The average molecular weight is 574 g/mol. The molecular formula is C16H20F14O4S. The summed E-state index contributed by atoms with van der Waals surface area (Å²) < 4.78 is 222. The molecule has 0 aromatic carbocycles. The number of hydrogen-bond donors (Lipinski definition) is 0. The fourth-order valence-corrected chi connectivity index (χ4v) is 2.47. The summed E-state index contributed by atoms with van der Waals surface area (Å²) in [5, 5.41) is -7.75. The summed E-state index contributed by atoms with van der Waals surface area (Å²) in [7, 11) is -8.17. The van der Waals surface area contributed by atoms with E-state index in [2.05, 4.69) is 9.47 Å². The summed E-state index contributed by atoms with van der Waals surface area (Å²) in [6.45, 7) is 2.82. The largest absolute Gasteiger partial charge is 0.442 e. The Morgan fingerprint density at radius 2 is 0.971 bits per heavy atom. The highest BCUT2D eigenvalue weighted by Gasteiger charge is 2.93. The monoisotopic (exact) mass is 574 g/mol. The molecule has 1 unspecified atom stereocenters. The molecule has 0 amide bonds. The van der Waals surface area contributed by atoms with Gasteiger partial charge in [-0.2, -0.15) is 65.5 Å². The topological polar surface area (TPSA) is 52.6 Å². The molecule has 0 aromatic heterocycles. The third kappa shape index (κ3) is 5.31. The van der Waals surface area contributed by atoms with Crippen LogP contribution in [-0.4, -0.2) is 55.1 Å². The summed E-state index contributed by atoms with van der Waals surface area (Å²) >= 11 is 0. The molecule has 0 spiro atoms. The van der Waals surface area contributed by atoms with E-state index < -0.39 is 68.8 Å². The first kappa shape index (κ1) is 33.9. The molecule has 0 saturated carbocycles. The van der Waals surface area contributed by atoms with Crippen molar-refractivity contribution in [3.8, 4) is 0 Å². The SMILES string of the molecule is CCC(C)(C)C(F)(F)OC(F)(F)C(F)(OC(C)(C)C)C(F)(F)C(F)(F)C(F)(F)C(F)(F)S(=O)(=O)F. The Morgan fingerprint density at radius 1 is 0.600 bits per heavy atom. The molecule has 0 heterocycles. The van der Waals surface area contributed by atoms with Crippen LogP contribution in [0.25, 0.3) is 0 Å². The molecular weight excluding hydrogens is 554 g/mol. The quantitative estimate of drug-likeness (QED) is 0.199. The van der Waals surface area contributed by atoms with Gasteiger partial charge in [-0.1, -0.05) is 24.7 Å². The zero-order valence-electron chi connectivity index (χ0n) is 18.5. The first-order valence-corrected chi connectivity index (χ1v) is 10.4. The molecule has 0 saturated heterocycles. The number of hydrogen-bond acceptors (Lipinski definition) is 4. The van der Waals surface area contributed by atoms with Crippen molar-refractivity contribution in [2.75, 3.05) is 0 Å². The van der Waals surface area contributed by atoms with Gasteiger partial charge in [0.05, 0.1) is 11.0 Å². The van der Waals surface area contributed by atoms with Crippen molar-refractivity contribution in [3.05, 3.63) is 0 Å². The van der Waals surface area contributed by atoms with Gasteiger partial charge < -0.3 is 4.74 Å². The van der Waals surface area contributed by atoms with E-state index in [4.69, 9.17) is 0 Å². The molecule has 4 nitrogen and oxygen atoms in total. The molecule has 1 atom stereocenters. The van der Waals surface area contributed by atoms with E-state index in [0.717, 1.165) is 6.92 Å². The molecule has 0 aliphatic carbocycles. The maximum absolute atomic E-state index is 15.1. The fourth-order valence-electron chi connectivity index (χ4n) is 2.03. The summed E-state index contributed by atoms with van der Waals surface area (Å²) in [4.78, 5) is 0. The van der Waals surface area contributed by atoms with E-state index in [1.54, 1.807) is 0 Å². The Kier molecular flexibility index (Phi) is 8.46.